The molecule has 0 saturated heterocycles. The molecule has 0 spiro atoms. The van der Waals surface area contributed by atoms with Gasteiger partial charge in [0.25, 0.3) is 5.91 Å². The van der Waals surface area contributed by atoms with Crippen LogP contribution in [0.25, 0.3) is 0 Å². The number of rotatable bonds is 6. The van der Waals surface area contributed by atoms with Gasteiger partial charge >= 0.3 is 6.03 Å². The highest BCUT2D eigenvalue weighted by Crippen LogP contribution is 2.36. The van der Waals surface area contributed by atoms with Crippen molar-refractivity contribution in [3.63, 3.8) is 0 Å². The fourth-order valence-electron chi connectivity index (χ4n) is 3.58. The van der Waals surface area contributed by atoms with Crippen molar-refractivity contribution < 1.29 is 18.8 Å². The summed E-state index contributed by atoms with van der Waals surface area (Å²) in [6, 6.07) is 4.84. The van der Waals surface area contributed by atoms with E-state index < -0.39 is 11.9 Å². The number of carbonyl (C=O) groups is 3. The molecule has 1 atom stereocenters. The zero-order chi connectivity index (χ0) is 19.8. The normalized spacial score (nSPS) is 21.5. The maximum atomic E-state index is 13.3. The first-order chi connectivity index (χ1) is 13.5. The van der Waals surface area contributed by atoms with Crippen molar-refractivity contribution in [2.45, 2.75) is 24.9 Å². The second-order valence-corrected chi connectivity index (χ2v) is 7.20. The first-order valence-corrected chi connectivity index (χ1v) is 9.24. The van der Waals surface area contributed by atoms with Gasteiger partial charge in [0.15, 0.2) is 0 Å². The Morgan fingerprint density at radius 2 is 2.00 bits per heavy atom. The van der Waals surface area contributed by atoms with E-state index in [0.717, 1.165) is 12.8 Å². The molecule has 3 aliphatic rings. The van der Waals surface area contributed by atoms with Crippen molar-refractivity contribution >= 4 is 17.8 Å². The molecule has 4 rings (SSSR count). The minimum absolute atomic E-state index is 0.0609. The molecule has 1 aliphatic carbocycles. The van der Waals surface area contributed by atoms with Gasteiger partial charge in [0, 0.05) is 12.6 Å². The number of halogens is 1. The van der Waals surface area contributed by atoms with Crippen LogP contribution in [-0.2, 0) is 9.59 Å². The van der Waals surface area contributed by atoms with E-state index >= 15 is 0 Å². The number of carbonyl (C=O) groups excluding carboxylic acids is 3. The van der Waals surface area contributed by atoms with Crippen LogP contribution in [0.1, 0.15) is 24.4 Å². The maximum absolute atomic E-state index is 13.3. The van der Waals surface area contributed by atoms with E-state index in [9.17, 15) is 18.8 Å². The van der Waals surface area contributed by atoms with Gasteiger partial charge in [-0.05, 0) is 30.5 Å². The Labute approximate surface area is 161 Å². The van der Waals surface area contributed by atoms with Gasteiger partial charge in [0.1, 0.15) is 12.4 Å². The Balaban J connectivity index is 1.63. The molecular weight excluding hydrogens is 363 g/mol. The largest absolute Gasteiger partial charge is 0.352 e. The van der Waals surface area contributed by atoms with E-state index in [1.807, 2.05) is 0 Å². The highest BCUT2D eigenvalue weighted by molar-refractivity contribution is 6.03. The minimum atomic E-state index is -0.687. The van der Waals surface area contributed by atoms with Crippen LogP contribution in [0.15, 0.2) is 48.2 Å². The van der Waals surface area contributed by atoms with E-state index in [1.54, 1.807) is 18.2 Å². The zero-order valence-electron chi connectivity index (χ0n) is 15.3. The predicted octanol–water partition coefficient (Wildman–Crippen LogP) is 1.45. The van der Waals surface area contributed by atoms with Crippen LogP contribution < -0.4 is 10.6 Å². The number of urea groups is 1. The third-order valence-electron chi connectivity index (χ3n) is 5.09. The fraction of sp³-hybridized carbons (Fsp3) is 0.350. The summed E-state index contributed by atoms with van der Waals surface area (Å²) in [5, 5.41) is 5.69. The molecule has 28 heavy (non-hydrogen) atoms. The number of nitrogens with zero attached hydrogens (tertiary/aromatic N) is 2. The molecule has 1 saturated carbocycles. The smallest absolute Gasteiger partial charge is 0.322 e. The molecule has 1 aromatic rings. The summed E-state index contributed by atoms with van der Waals surface area (Å²) in [6.07, 6.45) is 3.51. The molecule has 146 valence electrons. The Morgan fingerprint density at radius 1 is 1.29 bits per heavy atom. The lowest BCUT2D eigenvalue weighted by atomic mass is 9.95. The summed E-state index contributed by atoms with van der Waals surface area (Å²) in [5.41, 5.74) is 1.58. The first kappa shape index (κ1) is 18.2. The third-order valence-corrected chi connectivity index (χ3v) is 5.09. The molecule has 0 radical (unpaired) electrons. The SMILES string of the molecule is C=CCN1C(=O)NC(c2ccc(F)cc2)C2=C1CN(CC(=O)NC1CC1)C2=O. The van der Waals surface area contributed by atoms with Gasteiger partial charge in [-0.15, -0.1) is 6.58 Å². The number of benzene rings is 1. The quantitative estimate of drug-likeness (QED) is 0.729. The van der Waals surface area contributed by atoms with Gasteiger partial charge in [0.2, 0.25) is 5.91 Å². The second-order valence-electron chi connectivity index (χ2n) is 7.20. The average molecular weight is 384 g/mol. The van der Waals surface area contributed by atoms with Gasteiger partial charge in [-0.2, -0.15) is 0 Å². The molecular formula is C20H21FN4O3. The number of nitrogens with one attached hydrogen (secondary N) is 2. The van der Waals surface area contributed by atoms with Crippen molar-refractivity contribution in [2.24, 2.45) is 0 Å². The average Bonchev–Trinajstić information content (AvgIpc) is 3.41. The predicted molar refractivity (Wildman–Crippen MR) is 99.3 cm³/mol. The zero-order valence-corrected chi connectivity index (χ0v) is 15.3. The maximum Gasteiger partial charge on any atom is 0.322 e. The Kier molecular flexibility index (Phi) is 4.62. The lowest BCUT2D eigenvalue weighted by molar-refractivity contribution is -0.132. The van der Waals surface area contributed by atoms with Crippen LogP contribution in [0.5, 0.6) is 0 Å². The monoisotopic (exact) mass is 384 g/mol. The van der Waals surface area contributed by atoms with Crippen LogP contribution in [0.3, 0.4) is 0 Å². The Bertz CT molecular complexity index is 876. The highest BCUT2D eigenvalue weighted by Gasteiger charge is 2.44. The van der Waals surface area contributed by atoms with Crippen molar-refractivity contribution in [2.75, 3.05) is 19.6 Å². The van der Waals surface area contributed by atoms with Gasteiger partial charge in [0.05, 0.1) is 23.9 Å². The van der Waals surface area contributed by atoms with E-state index in [-0.39, 0.29) is 43.5 Å². The molecule has 4 amide bonds. The van der Waals surface area contributed by atoms with Crippen molar-refractivity contribution in [1.29, 1.82) is 0 Å². The molecule has 2 aliphatic heterocycles. The van der Waals surface area contributed by atoms with Gasteiger partial charge < -0.3 is 15.5 Å². The minimum Gasteiger partial charge on any atom is -0.352 e. The second kappa shape index (κ2) is 7.10. The molecule has 1 aromatic carbocycles. The van der Waals surface area contributed by atoms with Crippen LogP contribution in [0.4, 0.5) is 9.18 Å². The van der Waals surface area contributed by atoms with Crippen LogP contribution in [-0.4, -0.2) is 53.3 Å². The van der Waals surface area contributed by atoms with Crippen molar-refractivity contribution in [3.05, 3.63) is 59.6 Å². The molecule has 2 N–H and O–H groups in total. The van der Waals surface area contributed by atoms with Gasteiger partial charge in [-0.3, -0.25) is 14.5 Å². The topological polar surface area (TPSA) is 81.8 Å². The first-order valence-electron chi connectivity index (χ1n) is 9.24. The van der Waals surface area contributed by atoms with E-state index in [0.29, 0.717) is 16.8 Å². The standard InChI is InChI=1S/C20H21FN4O3/c1-2-9-25-15-10-24(11-16(26)22-14-7-8-14)19(27)17(15)18(23-20(25)28)12-3-5-13(21)6-4-12/h2-6,14,18H,1,7-11H2,(H,22,26)(H,23,28). The molecule has 0 bridgehead atoms. The van der Waals surface area contributed by atoms with Gasteiger partial charge in [-0.25, -0.2) is 9.18 Å². The third kappa shape index (κ3) is 3.37. The van der Waals surface area contributed by atoms with Crippen molar-refractivity contribution in [1.82, 2.24) is 20.4 Å². The van der Waals surface area contributed by atoms with E-state index in [2.05, 4.69) is 17.2 Å². The summed E-state index contributed by atoms with van der Waals surface area (Å²) < 4.78 is 13.3. The summed E-state index contributed by atoms with van der Waals surface area (Å²) in [6.45, 7) is 4.02. The van der Waals surface area contributed by atoms with Crippen LogP contribution in [0.2, 0.25) is 0 Å². The molecule has 1 unspecified atom stereocenters. The lowest BCUT2D eigenvalue weighted by Crippen LogP contribution is -2.47. The van der Waals surface area contributed by atoms with Gasteiger partial charge in [-0.1, -0.05) is 18.2 Å². The molecule has 1 fully saturated rings. The Morgan fingerprint density at radius 3 is 2.64 bits per heavy atom. The summed E-state index contributed by atoms with van der Waals surface area (Å²) in [7, 11) is 0. The van der Waals surface area contributed by atoms with Crippen LogP contribution in [0, 0.1) is 5.82 Å². The number of hydrogen-bond acceptors (Lipinski definition) is 3. The Hall–Kier alpha value is -3.16. The summed E-state index contributed by atoms with van der Waals surface area (Å²) >= 11 is 0. The number of hydrogen-bond donors (Lipinski definition) is 2. The molecule has 2 heterocycles. The lowest BCUT2D eigenvalue weighted by Gasteiger charge is -2.33. The highest BCUT2D eigenvalue weighted by atomic mass is 19.1. The van der Waals surface area contributed by atoms with Crippen LogP contribution >= 0.6 is 0 Å². The van der Waals surface area contributed by atoms with Crippen molar-refractivity contribution in [3.8, 4) is 0 Å². The summed E-state index contributed by atoms with van der Waals surface area (Å²) in [4.78, 5) is 40.8. The summed E-state index contributed by atoms with van der Waals surface area (Å²) in [5.74, 6) is -0.905. The van der Waals surface area contributed by atoms with E-state index in [4.69, 9.17) is 0 Å². The molecule has 0 aromatic heterocycles. The number of amides is 4. The fourth-order valence-corrected chi connectivity index (χ4v) is 3.58. The van der Waals surface area contributed by atoms with E-state index in [1.165, 1.54) is 21.9 Å². The molecule has 8 heteroatoms. The molecule has 7 nitrogen and oxygen atoms in total.